The number of rotatable bonds is 4. The predicted octanol–water partition coefficient (Wildman–Crippen LogP) is 0.340. The second-order valence-electron chi connectivity index (χ2n) is 6.29. The molecule has 1 aliphatic carbocycles. The Bertz CT molecular complexity index is 530. The third-order valence-electron chi connectivity index (χ3n) is 4.77. The molecule has 0 aromatic rings. The number of amides is 1. The van der Waals surface area contributed by atoms with E-state index in [4.69, 9.17) is 4.74 Å². The molecule has 8 heteroatoms. The number of nitrogens with one attached hydrogen (secondary N) is 1. The van der Waals surface area contributed by atoms with Gasteiger partial charge in [0.2, 0.25) is 5.91 Å². The van der Waals surface area contributed by atoms with Gasteiger partial charge in [-0.25, -0.2) is 13.2 Å². The van der Waals surface area contributed by atoms with Crippen LogP contribution >= 0.6 is 0 Å². The van der Waals surface area contributed by atoms with Gasteiger partial charge in [-0.15, -0.1) is 0 Å². The molecule has 0 aromatic heterocycles. The summed E-state index contributed by atoms with van der Waals surface area (Å²) in [6.45, 7) is 0.626. The fraction of sp³-hybridized carbons (Fsp3) is 0.857. The molecule has 0 aromatic carbocycles. The molecule has 2 aliphatic rings. The van der Waals surface area contributed by atoms with Crippen LogP contribution in [0.1, 0.15) is 38.5 Å². The van der Waals surface area contributed by atoms with Crippen molar-refractivity contribution in [1.29, 1.82) is 0 Å². The quantitative estimate of drug-likeness (QED) is 0.768. The van der Waals surface area contributed by atoms with Crippen LogP contribution in [-0.4, -0.2) is 55.7 Å². The average Bonchev–Trinajstić information content (AvgIpc) is 2.47. The van der Waals surface area contributed by atoms with Gasteiger partial charge in [0.25, 0.3) is 0 Å². The van der Waals surface area contributed by atoms with Crippen LogP contribution in [0.15, 0.2) is 0 Å². The highest BCUT2D eigenvalue weighted by atomic mass is 32.2. The van der Waals surface area contributed by atoms with Gasteiger partial charge in [-0.3, -0.25) is 4.79 Å². The van der Waals surface area contributed by atoms with E-state index in [0.29, 0.717) is 38.9 Å². The standard InChI is InChI=1S/C14H23NO6S/c1-22(19,20)11-4-2-10(3-5-11)12(16)15-14(13(17)18)6-8-21-9-7-14/h10-11H,2-9H2,1H3,(H,15,16)(H,17,18). The highest BCUT2D eigenvalue weighted by molar-refractivity contribution is 7.91. The lowest BCUT2D eigenvalue weighted by Gasteiger charge is -2.36. The molecule has 1 aliphatic heterocycles. The first-order chi connectivity index (χ1) is 10.2. The van der Waals surface area contributed by atoms with Crippen molar-refractivity contribution in [2.24, 2.45) is 5.92 Å². The number of ether oxygens (including phenoxy) is 1. The summed E-state index contributed by atoms with van der Waals surface area (Å²) in [6, 6.07) is 0. The molecule has 1 saturated carbocycles. The third-order valence-corrected chi connectivity index (χ3v) is 6.45. The van der Waals surface area contributed by atoms with Crippen LogP contribution in [0.2, 0.25) is 0 Å². The first-order valence-corrected chi connectivity index (χ1v) is 9.52. The molecule has 2 rings (SSSR count). The minimum Gasteiger partial charge on any atom is -0.480 e. The first kappa shape index (κ1) is 17.2. The molecule has 0 unspecified atom stereocenters. The number of carboxylic acid groups (broad SMARTS) is 1. The summed E-state index contributed by atoms with van der Waals surface area (Å²) in [4.78, 5) is 23.9. The van der Waals surface area contributed by atoms with Gasteiger partial charge in [0.1, 0.15) is 15.4 Å². The molecule has 1 heterocycles. The Kier molecular flexibility index (Phi) is 5.11. The van der Waals surface area contributed by atoms with E-state index in [0.717, 1.165) is 0 Å². The Morgan fingerprint density at radius 3 is 2.14 bits per heavy atom. The number of hydrogen-bond donors (Lipinski definition) is 2. The van der Waals surface area contributed by atoms with Gasteiger partial charge < -0.3 is 15.2 Å². The highest BCUT2D eigenvalue weighted by Crippen LogP contribution is 2.30. The molecule has 22 heavy (non-hydrogen) atoms. The van der Waals surface area contributed by atoms with Crippen molar-refractivity contribution in [2.45, 2.75) is 49.3 Å². The summed E-state index contributed by atoms with van der Waals surface area (Å²) in [7, 11) is -3.07. The monoisotopic (exact) mass is 333 g/mol. The number of sulfone groups is 1. The van der Waals surface area contributed by atoms with Gasteiger partial charge in [-0.05, 0) is 25.7 Å². The number of carbonyl (C=O) groups is 2. The lowest BCUT2D eigenvalue weighted by atomic mass is 9.85. The van der Waals surface area contributed by atoms with E-state index in [9.17, 15) is 23.1 Å². The Morgan fingerprint density at radius 2 is 1.68 bits per heavy atom. The summed E-state index contributed by atoms with van der Waals surface area (Å²) >= 11 is 0. The van der Waals surface area contributed by atoms with Crippen molar-refractivity contribution in [2.75, 3.05) is 19.5 Å². The van der Waals surface area contributed by atoms with Crippen LogP contribution < -0.4 is 5.32 Å². The normalized spacial score (nSPS) is 28.8. The van der Waals surface area contributed by atoms with E-state index in [1.54, 1.807) is 0 Å². The maximum atomic E-state index is 12.4. The molecule has 0 atom stereocenters. The summed E-state index contributed by atoms with van der Waals surface area (Å²) in [5.74, 6) is -1.62. The molecule has 2 N–H and O–H groups in total. The lowest BCUT2D eigenvalue weighted by Crippen LogP contribution is -2.58. The molecule has 126 valence electrons. The second kappa shape index (κ2) is 6.54. The Hall–Kier alpha value is -1.15. The van der Waals surface area contributed by atoms with E-state index >= 15 is 0 Å². The number of carbonyl (C=O) groups excluding carboxylic acids is 1. The van der Waals surface area contributed by atoms with Crippen LogP contribution in [0, 0.1) is 5.92 Å². The molecule has 0 bridgehead atoms. The van der Waals surface area contributed by atoms with Crippen LogP contribution in [0.25, 0.3) is 0 Å². The molecule has 0 spiro atoms. The fourth-order valence-corrected chi connectivity index (χ4v) is 4.33. The van der Waals surface area contributed by atoms with Crippen molar-refractivity contribution in [3.63, 3.8) is 0 Å². The second-order valence-corrected chi connectivity index (χ2v) is 8.62. The van der Waals surface area contributed by atoms with Crippen LogP contribution in [-0.2, 0) is 24.2 Å². The van der Waals surface area contributed by atoms with E-state index in [1.165, 1.54) is 6.26 Å². The van der Waals surface area contributed by atoms with Gasteiger partial charge in [0.15, 0.2) is 0 Å². The lowest BCUT2D eigenvalue weighted by molar-refractivity contribution is -0.153. The molecule has 0 radical (unpaired) electrons. The zero-order chi connectivity index (χ0) is 16.4. The zero-order valence-electron chi connectivity index (χ0n) is 12.7. The Labute approximate surface area is 130 Å². The van der Waals surface area contributed by atoms with E-state index in [2.05, 4.69) is 5.32 Å². The van der Waals surface area contributed by atoms with E-state index in [-0.39, 0.29) is 29.9 Å². The van der Waals surface area contributed by atoms with Crippen LogP contribution in [0.4, 0.5) is 0 Å². The minimum atomic E-state index is -3.07. The predicted molar refractivity (Wildman–Crippen MR) is 79.2 cm³/mol. The molecular formula is C14H23NO6S. The smallest absolute Gasteiger partial charge is 0.329 e. The highest BCUT2D eigenvalue weighted by Gasteiger charge is 2.43. The molecular weight excluding hydrogens is 310 g/mol. The van der Waals surface area contributed by atoms with Gasteiger partial charge in [0, 0.05) is 38.2 Å². The maximum Gasteiger partial charge on any atom is 0.329 e. The summed E-state index contributed by atoms with van der Waals surface area (Å²) < 4.78 is 28.2. The van der Waals surface area contributed by atoms with Crippen molar-refractivity contribution in [3.05, 3.63) is 0 Å². The van der Waals surface area contributed by atoms with Crippen molar-refractivity contribution in [3.8, 4) is 0 Å². The number of aliphatic carboxylic acids is 1. The summed E-state index contributed by atoms with van der Waals surface area (Å²) in [6.07, 6.45) is 3.62. The van der Waals surface area contributed by atoms with Crippen molar-refractivity contribution in [1.82, 2.24) is 5.32 Å². The minimum absolute atomic E-state index is 0.257. The largest absolute Gasteiger partial charge is 0.480 e. The molecule has 2 fully saturated rings. The SMILES string of the molecule is CS(=O)(=O)C1CCC(C(=O)NC2(C(=O)O)CCOCC2)CC1. The molecule has 1 saturated heterocycles. The molecule has 1 amide bonds. The van der Waals surface area contributed by atoms with Gasteiger partial charge in [0.05, 0.1) is 5.25 Å². The Balaban J connectivity index is 1.96. The Morgan fingerprint density at radius 1 is 1.14 bits per heavy atom. The van der Waals surface area contributed by atoms with Gasteiger partial charge >= 0.3 is 5.97 Å². The summed E-state index contributed by atoms with van der Waals surface area (Å²) in [5, 5.41) is 11.7. The first-order valence-electron chi connectivity index (χ1n) is 7.57. The van der Waals surface area contributed by atoms with Crippen LogP contribution in [0.5, 0.6) is 0 Å². The van der Waals surface area contributed by atoms with Crippen molar-refractivity contribution < 1.29 is 27.9 Å². The molecule has 7 nitrogen and oxygen atoms in total. The summed E-state index contributed by atoms with van der Waals surface area (Å²) in [5.41, 5.74) is -1.25. The third kappa shape index (κ3) is 3.78. The average molecular weight is 333 g/mol. The van der Waals surface area contributed by atoms with Gasteiger partial charge in [-0.2, -0.15) is 0 Å². The fourth-order valence-electron chi connectivity index (χ4n) is 3.20. The number of carboxylic acids is 1. The zero-order valence-corrected chi connectivity index (χ0v) is 13.5. The number of hydrogen-bond acceptors (Lipinski definition) is 5. The van der Waals surface area contributed by atoms with E-state index in [1.807, 2.05) is 0 Å². The van der Waals surface area contributed by atoms with Crippen LogP contribution in [0.3, 0.4) is 0 Å². The van der Waals surface area contributed by atoms with Crippen molar-refractivity contribution >= 4 is 21.7 Å². The maximum absolute atomic E-state index is 12.4. The topological polar surface area (TPSA) is 110 Å². The van der Waals surface area contributed by atoms with Gasteiger partial charge in [-0.1, -0.05) is 0 Å². The van der Waals surface area contributed by atoms with E-state index < -0.39 is 21.3 Å².